The fourth-order valence-corrected chi connectivity index (χ4v) is 2.78. The summed E-state index contributed by atoms with van der Waals surface area (Å²) in [4.78, 5) is 21.2. The number of pyridine rings is 1. The molecular formula is C20H23FN4O3. The first-order chi connectivity index (χ1) is 12.9. The number of nitrogens with one attached hydrogen (secondary N) is 1. The Balaban J connectivity index is 2.15. The molecule has 0 unspecified atom stereocenters. The molecule has 3 N–H and O–H groups in total. The summed E-state index contributed by atoms with van der Waals surface area (Å²) in [5, 5.41) is 22.9. The molecule has 7 nitrogen and oxygen atoms in total. The Hall–Kier alpha value is -2.84. The van der Waals surface area contributed by atoms with Crippen LogP contribution in [0.25, 0.3) is 16.9 Å². The molecule has 1 aromatic carbocycles. The SMILES string of the molecule is CC(C)(O)CC(=O)Nc1nc2ccc(C(C)(C)O)nc2n1-c1ccc(F)cc1. The maximum atomic E-state index is 13.4. The third-order valence-corrected chi connectivity index (χ3v) is 4.06. The van der Waals surface area contributed by atoms with Crippen LogP contribution in [0.3, 0.4) is 0 Å². The van der Waals surface area contributed by atoms with E-state index in [1.54, 1.807) is 42.7 Å². The zero-order valence-corrected chi connectivity index (χ0v) is 16.2. The van der Waals surface area contributed by atoms with Crippen molar-refractivity contribution in [2.75, 3.05) is 5.32 Å². The van der Waals surface area contributed by atoms with Crippen LogP contribution in [0.5, 0.6) is 0 Å². The number of carbonyl (C=O) groups is 1. The van der Waals surface area contributed by atoms with Crippen LogP contribution in [0.15, 0.2) is 36.4 Å². The minimum Gasteiger partial charge on any atom is -0.390 e. The van der Waals surface area contributed by atoms with E-state index >= 15 is 0 Å². The molecular weight excluding hydrogens is 363 g/mol. The fraction of sp³-hybridized carbons (Fsp3) is 0.350. The number of carbonyl (C=O) groups excluding carboxylic acids is 1. The molecule has 2 heterocycles. The smallest absolute Gasteiger partial charge is 0.229 e. The molecule has 28 heavy (non-hydrogen) atoms. The normalized spacial score (nSPS) is 12.4. The van der Waals surface area contributed by atoms with Gasteiger partial charge in [0.05, 0.1) is 23.4 Å². The van der Waals surface area contributed by atoms with Crippen LogP contribution < -0.4 is 5.32 Å². The van der Waals surface area contributed by atoms with Crippen molar-refractivity contribution in [2.24, 2.45) is 0 Å². The Kier molecular flexibility index (Phi) is 4.95. The fourth-order valence-electron chi connectivity index (χ4n) is 2.78. The van der Waals surface area contributed by atoms with Gasteiger partial charge in [-0.3, -0.25) is 14.7 Å². The molecule has 0 atom stereocenters. The summed E-state index contributed by atoms with van der Waals surface area (Å²) in [6.07, 6.45) is -0.123. The van der Waals surface area contributed by atoms with Crippen molar-refractivity contribution < 1.29 is 19.4 Å². The van der Waals surface area contributed by atoms with Crippen molar-refractivity contribution >= 4 is 23.0 Å². The van der Waals surface area contributed by atoms with Gasteiger partial charge in [0.25, 0.3) is 0 Å². The number of aromatic nitrogens is 3. The minimum atomic E-state index is -1.18. The largest absolute Gasteiger partial charge is 0.390 e. The molecule has 0 aliphatic carbocycles. The van der Waals surface area contributed by atoms with E-state index in [1.165, 1.54) is 26.0 Å². The number of halogens is 1. The van der Waals surface area contributed by atoms with Crippen molar-refractivity contribution in [2.45, 2.75) is 45.3 Å². The van der Waals surface area contributed by atoms with Crippen molar-refractivity contribution in [3.05, 3.63) is 47.9 Å². The zero-order chi connectivity index (χ0) is 20.7. The molecule has 2 aromatic heterocycles. The Morgan fingerprint density at radius 3 is 2.29 bits per heavy atom. The van der Waals surface area contributed by atoms with Gasteiger partial charge in [0, 0.05) is 0 Å². The molecule has 8 heteroatoms. The van der Waals surface area contributed by atoms with E-state index in [1.807, 2.05) is 0 Å². The van der Waals surface area contributed by atoms with Gasteiger partial charge in [-0.1, -0.05) is 0 Å². The van der Waals surface area contributed by atoms with Gasteiger partial charge in [-0.2, -0.15) is 0 Å². The van der Waals surface area contributed by atoms with Gasteiger partial charge in [0.2, 0.25) is 11.9 Å². The maximum absolute atomic E-state index is 13.4. The second kappa shape index (κ2) is 6.96. The topological polar surface area (TPSA) is 100 Å². The van der Waals surface area contributed by atoms with E-state index in [4.69, 9.17) is 0 Å². The summed E-state index contributed by atoms with van der Waals surface area (Å²) >= 11 is 0. The average molecular weight is 386 g/mol. The summed E-state index contributed by atoms with van der Waals surface area (Å²) in [7, 11) is 0. The van der Waals surface area contributed by atoms with E-state index < -0.39 is 22.9 Å². The van der Waals surface area contributed by atoms with E-state index in [2.05, 4.69) is 15.3 Å². The number of hydrogen-bond acceptors (Lipinski definition) is 5. The highest BCUT2D eigenvalue weighted by atomic mass is 19.1. The molecule has 3 aromatic rings. The maximum Gasteiger partial charge on any atom is 0.229 e. The number of aliphatic hydroxyl groups is 2. The summed E-state index contributed by atoms with van der Waals surface area (Å²) in [5.74, 6) is -0.629. The predicted octanol–water partition coefficient (Wildman–Crippen LogP) is 2.89. The molecule has 0 saturated carbocycles. The lowest BCUT2D eigenvalue weighted by atomic mass is 10.1. The highest BCUT2D eigenvalue weighted by Gasteiger charge is 2.23. The van der Waals surface area contributed by atoms with Crippen LogP contribution >= 0.6 is 0 Å². The van der Waals surface area contributed by atoms with Crippen LogP contribution in [-0.2, 0) is 10.4 Å². The molecule has 148 valence electrons. The molecule has 0 saturated heterocycles. The van der Waals surface area contributed by atoms with Crippen LogP contribution in [-0.4, -0.2) is 36.3 Å². The molecule has 0 radical (unpaired) electrons. The number of rotatable bonds is 5. The number of anilines is 1. The molecule has 0 spiro atoms. The predicted molar refractivity (Wildman–Crippen MR) is 104 cm³/mol. The summed E-state index contributed by atoms with van der Waals surface area (Å²) in [5.41, 5.74) is -0.472. The molecule has 1 amide bonds. The van der Waals surface area contributed by atoms with E-state index in [-0.39, 0.29) is 12.4 Å². The van der Waals surface area contributed by atoms with Crippen LogP contribution in [0.2, 0.25) is 0 Å². The van der Waals surface area contributed by atoms with Crippen molar-refractivity contribution in [3.63, 3.8) is 0 Å². The second-order valence-corrected chi connectivity index (χ2v) is 7.88. The van der Waals surface area contributed by atoms with Crippen molar-refractivity contribution in [3.8, 4) is 5.69 Å². The number of imidazole rings is 1. The van der Waals surface area contributed by atoms with Gasteiger partial charge in [-0.05, 0) is 64.1 Å². The molecule has 3 rings (SSSR count). The molecule has 0 fully saturated rings. The minimum absolute atomic E-state index is 0.123. The first-order valence-electron chi connectivity index (χ1n) is 8.84. The second-order valence-electron chi connectivity index (χ2n) is 7.88. The number of nitrogens with zero attached hydrogens (tertiary/aromatic N) is 3. The molecule has 0 bridgehead atoms. The van der Waals surface area contributed by atoms with Crippen LogP contribution in [0.4, 0.5) is 10.3 Å². The summed E-state index contributed by atoms with van der Waals surface area (Å²) < 4.78 is 15.0. The quantitative estimate of drug-likeness (QED) is 0.626. The van der Waals surface area contributed by atoms with Crippen molar-refractivity contribution in [1.82, 2.24) is 14.5 Å². The third kappa shape index (κ3) is 4.35. The first kappa shape index (κ1) is 19.9. The number of amides is 1. The number of benzene rings is 1. The lowest BCUT2D eigenvalue weighted by molar-refractivity contribution is -0.119. The standard InChI is InChI=1S/C20H23FN4O3/c1-19(2,27)11-16(26)24-18-22-14-9-10-15(20(3,4)28)23-17(14)25(18)13-7-5-12(21)6-8-13/h5-10,27-28H,11H2,1-4H3,(H,22,24,26). The lowest BCUT2D eigenvalue weighted by Crippen LogP contribution is -2.28. The van der Waals surface area contributed by atoms with E-state index in [9.17, 15) is 19.4 Å². The Labute approximate surface area is 161 Å². The van der Waals surface area contributed by atoms with Crippen LogP contribution in [0.1, 0.15) is 39.8 Å². The lowest BCUT2D eigenvalue weighted by Gasteiger charge is -2.17. The molecule has 0 aliphatic rings. The van der Waals surface area contributed by atoms with Gasteiger partial charge in [-0.25, -0.2) is 14.4 Å². The van der Waals surface area contributed by atoms with Gasteiger partial charge < -0.3 is 10.2 Å². The average Bonchev–Trinajstić information content (AvgIpc) is 2.89. The first-order valence-corrected chi connectivity index (χ1v) is 8.84. The number of hydrogen-bond donors (Lipinski definition) is 3. The summed E-state index contributed by atoms with van der Waals surface area (Å²) in [6, 6.07) is 9.03. The highest BCUT2D eigenvalue weighted by molar-refractivity contribution is 5.92. The third-order valence-electron chi connectivity index (χ3n) is 4.06. The van der Waals surface area contributed by atoms with Gasteiger partial charge in [0.15, 0.2) is 5.65 Å². The Bertz CT molecular complexity index is 1010. The van der Waals surface area contributed by atoms with Crippen LogP contribution in [0, 0.1) is 5.82 Å². The Morgan fingerprint density at radius 1 is 1.07 bits per heavy atom. The van der Waals surface area contributed by atoms with Gasteiger partial charge in [0.1, 0.15) is 16.9 Å². The zero-order valence-electron chi connectivity index (χ0n) is 16.2. The van der Waals surface area contributed by atoms with Crippen molar-refractivity contribution in [1.29, 1.82) is 0 Å². The highest BCUT2D eigenvalue weighted by Crippen LogP contribution is 2.27. The Morgan fingerprint density at radius 2 is 1.71 bits per heavy atom. The number of fused-ring (bicyclic) bond motifs is 1. The monoisotopic (exact) mass is 386 g/mol. The van der Waals surface area contributed by atoms with Gasteiger partial charge >= 0.3 is 0 Å². The van der Waals surface area contributed by atoms with E-state index in [0.717, 1.165) is 0 Å². The molecule has 0 aliphatic heterocycles. The van der Waals surface area contributed by atoms with E-state index in [0.29, 0.717) is 22.5 Å². The van der Waals surface area contributed by atoms with Gasteiger partial charge in [-0.15, -0.1) is 0 Å². The summed E-state index contributed by atoms with van der Waals surface area (Å²) in [6.45, 7) is 6.30.